The molecule has 5 heteroatoms. The van der Waals surface area contributed by atoms with Gasteiger partial charge in [-0.25, -0.2) is 4.99 Å². The number of hydrogen-bond acceptors (Lipinski definition) is 2. The second-order valence-corrected chi connectivity index (χ2v) is 5.32. The van der Waals surface area contributed by atoms with Gasteiger partial charge < -0.3 is 9.80 Å². The maximum Gasteiger partial charge on any atom is 0.195 e. The molecule has 22 heavy (non-hydrogen) atoms. The van der Waals surface area contributed by atoms with Gasteiger partial charge in [0, 0.05) is 40.0 Å². The molecule has 0 spiro atoms. The first kappa shape index (κ1) is 18.4. The summed E-state index contributed by atoms with van der Waals surface area (Å²) in [5.41, 5.74) is 3.29. The Balaban J connectivity index is 0.00000242. The van der Waals surface area contributed by atoms with E-state index in [0.717, 1.165) is 17.2 Å². The molecule has 2 rings (SSSR count). The molecule has 1 heterocycles. The van der Waals surface area contributed by atoms with Crippen LogP contribution in [0.4, 0.5) is 0 Å². The fourth-order valence-corrected chi connectivity index (χ4v) is 2.21. The van der Waals surface area contributed by atoms with Crippen molar-refractivity contribution in [2.24, 2.45) is 4.99 Å². The lowest BCUT2D eigenvalue weighted by Gasteiger charge is -2.22. The van der Waals surface area contributed by atoms with Crippen LogP contribution >= 0.6 is 24.0 Å². The second kappa shape index (κ2) is 8.73. The van der Waals surface area contributed by atoms with Crippen molar-refractivity contribution in [3.63, 3.8) is 0 Å². The fourth-order valence-electron chi connectivity index (χ4n) is 2.21. The molecule has 0 atom stereocenters. The van der Waals surface area contributed by atoms with Gasteiger partial charge in [-0.05, 0) is 23.8 Å². The van der Waals surface area contributed by atoms with Crippen molar-refractivity contribution in [3.8, 4) is 11.3 Å². The van der Waals surface area contributed by atoms with Crippen molar-refractivity contribution in [1.29, 1.82) is 0 Å². The molecule has 0 fully saturated rings. The highest BCUT2D eigenvalue weighted by molar-refractivity contribution is 14.0. The fraction of sp³-hybridized carbons (Fsp3) is 0.294. The van der Waals surface area contributed by atoms with Gasteiger partial charge in [0.1, 0.15) is 0 Å². The van der Waals surface area contributed by atoms with Gasteiger partial charge in [-0.15, -0.1) is 24.0 Å². The van der Waals surface area contributed by atoms with Gasteiger partial charge in [0.05, 0.1) is 12.2 Å². The van der Waals surface area contributed by atoms with Gasteiger partial charge in [-0.1, -0.05) is 24.3 Å². The third kappa shape index (κ3) is 4.98. The molecule has 1 aromatic heterocycles. The summed E-state index contributed by atoms with van der Waals surface area (Å²) in [6.07, 6.45) is 1.82. The van der Waals surface area contributed by atoms with Gasteiger partial charge >= 0.3 is 0 Å². The van der Waals surface area contributed by atoms with Crippen LogP contribution in [0, 0.1) is 0 Å². The van der Waals surface area contributed by atoms with Crippen molar-refractivity contribution in [1.82, 2.24) is 14.8 Å². The number of rotatable bonds is 3. The van der Waals surface area contributed by atoms with Crippen molar-refractivity contribution in [2.75, 3.05) is 28.2 Å². The molecular weight excluding hydrogens is 387 g/mol. The van der Waals surface area contributed by atoms with Crippen LogP contribution in [0.5, 0.6) is 0 Å². The summed E-state index contributed by atoms with van der Waals surface area (Å²) in [7, 11) is 8.01. The Hall–Kier alpha value is -1.63. The number of pyridine rings is 1. The molecule has 1 aromatic carbocycles. The number of benzene rings is 1. The van der Waals surface area contributed by atoms with E-state index in [1.807, 2.05) is 62.4 Å². The topological polar surface area (TPSA) is 31.7 Å². The predicted octanol–water partition coefficient (Wildman–Crippen LogP) is 3.35. The SMILES string of the molecule is CN(C)C(=NCc1cccc(-c2ccccn2)c1)N(C)C.I. The summed E-state index contributed by atoms with van der Waals surface area (Å²) in [6, 6.07) is 14.3. The van der Waals surface area contributed by atoms with E-state index in [4.69, 9.17) is 0 Å². The van der Waals surface area contributed by atoms with E-state index in [1.165, 1.54) is 5.56 Å². The molecule has 0 aliphatic rings. The van der Waals surface area contributed by atoms with Gasteiger partial charge in [-0.3, -0.25) is 4.98 Å². The molecule has 0 aliphatic carbocycles. The zero-order chi connectivity index (χ0) is 15.2. The summed E-state index contributed by atoms with van der Waals surface area (Å²) >= 11 is 0. The Morgan fingerprint density at radius 3 is 2.32 bits per heavy atom. The van der Waals surface area contributed by atoms with E-state index in [-0.39, 0.29) is 24.0 Å². The number of halogens is 1. The van der Waals surface area contributed by atoms with Crippen molar-refractivity contribution < 1.29 is 0 Å². The first-order valence-electron chi connectivity index (χ1n) is 6.97. The second-order valence-electron chi connectivity index (χ2n) is 5.32. The van der Waals surface area contributed by atoms with Gasteiger partial charge in [-0.2, -0.15) is 0 Å². The average Bonchev–Trinajstić information content (AvgIpc) is 2.48. The van der Waals surface area contributed by atoms with E-state index < -0.39 is 0 Å². The highest BCUT2D eigenvalue weighted by Gasteiger charge is 2.04. The predicted molar refractivity (Wildman–Crippen MR) is 104 cm³/mol. The average molecular weight is 410 g/mol. The molecule has 0 saturated heterocycles. The van der Waals surface area contributed by atoms with Gasteiger partial charge in [0.15, 0.2) is 5.96 Å². The Bertz CT molecular complexity index is 599. The standard InChI is InChI=1S/C17H22N4.HI/c1-20(2)17(21(3)4)19-13-14-8-7-9-15(12-14)16-10-5-6-11-18-16;/h5-12H,13H2,1-4H3;1H. The molecule has 0 bridgehead atoms. The normalized spacial score (nSPS) is 9.64. The van der Waals surface area contributed by atoms with Gasteiger partial charge in [0.25, 0.3) is 0 Å². The Labute approximate surface area is 149 Å². The number of nitrogens with zero attached hydrogens (tertiary/aromatic N) is 4. The van der Waals surface area contributed by atoms with Crippen LogP contribution in [-0.4, -0.2) is 48.9 Å². The van der Waals surface area contributed by atoms with E-state index in [0.29, 0.717) is 6.54 Å². The summed E-state index contributed by atoms with van der Waals surface area (Å²) in [6.45, 7) is 0.659. The first-order chi connectivity index (χ1) is 10.1. The largest absolute Gasteiger partial charge is 0.349 e. The van der Waals surface area contributed by atoms with E-state index >= 15 is 0 Å². The van der Waals surface area contributed by atoms with Crippen molar-refractivity contribution in [3.05, 3.63) is 54.2 Å². The highest BCUT2D eigenvalue weighted by atomic mass is 127. The van der Waals surface area contributed by atoms with Crippen LogP contribution in [0.1, 0.15) is 5.56 Å². The molecule has 4 nitrogen and oxygen atoms in total. The van der Waals surface area contributed by atoms with Crippen LogP contribution in [0.2, 0.25) is 0 Å². The summed E-state index contributed by atoms with van der Waals surface area (Å²) in [4.78, 5) is 13.1. The Morgan fingerprint density at radius 1 is 1.00 bits per heavy atom. The van der Waals surface area contributed by atoms with Crippen molar-refractivity contribution >= 4 is 29.9 Å². The molecule has 0 amide bonds. The van der Waals surface area contributed by atoms with Crippen LogP contribution < -0.4 is 0 Å². The number of guanidine groups is 1. The molecular formula is C17H23IN4. The summed E-state index contributed by atoms with van der Waals surface area (Å²) in [5, 5.41) is 0. The zero-order valence-electron chi connectivity index (χ0n) is 13.5. The van der Waals surface area contributed by atoms with E-state index in [9.17, 15) is 0 Å². The smallest absolute Gasteiger partial charge is 0.195 e. The van der Waals surface area contributed by atoms with Gasteiger partial charge in [0.2, 0.25) is 0 Å². The number of aromatic nitrogens is 1. The molecule has 118 valence electrons. The third-order valence-electron chi connectivity index (χ3n) is 3.09. The van der Waals surface area contributed by atoms with Crippen LogP contribution in [0.25, 0.3) is 11.3 Å². The summed E-state index contributed by atoms with van der Waals surface area (Å²) < 4.78 is 0. The van der Waals surface area contributed by atoms with Crippen molar-refractivity contribution in [2.45, 2.75) is 6.54 Å². The first-order valence-corrected chi connectivity index (χ1v) is 6.97. The lowest BCUT2D eigenvalue weighted by atomic mass is 10.1. The number of aliphatic imine (C=N–C) groups is 1. The molecule has 0 unspecified atom stereocenters. The quantitative estimate of drug-likeness (QED) is 0.442. The number of hydrogen-bond donors (Lipinski definition) is 0. The Kier molecular flexibility index (Phi) is 7.31. The lowest BCUT2D eigenvalue weighted by molar-refractivity contribution is 0.479. The molecule has 2 aromatic rings. The minimum atomic E-state index is 0. The molecule has 0 aliphatic heterocycles. The minimum absolute atomic E-state index is 0. The maximum absolute atomic E-state index is 4.68. The molecule has 0 radical (unpaired) electrons. The summed E-state index contributed by atoms with van der Waals surface area (Å²) in [5.74, 6) is 0.957. The van der Waals surface area contributed by atoms with E-state index in [1.54, 1.807) is 0 Å². The molecule has 0 N–H and O–H groups in total. The zero-order valence-corrected chi connectivity index (χ0v) is 15.9. The van der Waals surface area contributed by atoms with E-state index in [2.05, 4.69) is 34.2 Å². The van der Waals surface area contributed by atoms with Crippen LogP contribution in [-0.2, 0) is 6.54 Å². The highest BCUT2D eigenvalue weighted by Crippen LogP contribution is 2.18. The monoisotopic (exact) mass is 410 g/mol. The minimum Gasteiger partial charge on any atom is -0.349 e. The molecule has 0 saturated carbocycles. The van der Waals surface area contributed by atoms with Crippen LogP contribution in [0.15, 0.2) is 53.7 Å². The maximum atomic E-state index is 4.68. The Morgan fingerprint density at radius 2 is 1.73 bits per heavy atom. The third-order valence-corrected chi connectivity index (χ3v) is 3.09. The lowest BCUT2D eigenvalue weighted by Crippen LogP contribution is -2.35. The van der Waals surface area contributed by atoms with Crippen LogP contribution in [0.3, 0.4) is 0 Å².